The van der Waals surface area contributed by atoms with Gasteiger partial charge in [0.25, 0.3) is 0 Å². The van der Waals surface area contributed by atoms with Crippen molar-refractivity contribution in [2.45, 2.75) is 19.9 Å². The van der Waals surface area contributed by atoms with E-state index in [0.717, 1.165) is 29.7 Å². The number of hydrogen-bond donors (Lipinski definition) is 2. The second kappa shape index (κ2) is 7.19. The Kier molecular flexibility index (Phi) is 5.28. The Bertz CT molecular complexity index is 526. The summed E-state index contributed by atoms with van der Waals surface area (Å²) in [6.07, 6.45) is 1.12. The highest BCUT2D eigenvalue weighted by molar-refractivity contribution is 9.10. The molecule has 3 heteroatoms. The van der Waals surface area contributed by atoms with Crippen LogP contribution in [0, 0.1) is 0 Å². The summed E-state index contributed by atoms with van der Waals surface area (Å²) < 4.78 is 1.11. The summed E-state index contributed by atoms with van der Waals surface area (Å²) in [5.41, 5.74) is 3.58. The topological polar surface area (TPSA) is 24.1 Å². The van der Waals surface area contributed by atoms with Gasteiger partial charge in [-0.2, -0.15) is 0 Å². The average Bonchev–Trinajstić information content (AvgIpc) is 2.44. The summed E-state index contributed by atoms with van der Waals surface area (Å²) in [5.74, 6) is 0. The van der Waals surface area contributed by atoms with E-state index in [9.17, 15) is 0 Å². The Hall–Kier alpha value is -1.48. The summed E-state index contributed by atoms with van der Waals surface area (Å²) in [5, 5.41) is 6.92. The number of benzene rings is 2. The first kappa shape index (κ1) is 13.9. The molecule has 2 aromatic rings. The number of rotatable bonds is 6. The SMILES string of the molecule is CCCNc1ccccc1NCc1cccc(Br)c1. The van der Waals surface area contributed by atoms with Crippen LogP contribution < -0.4 is 10.6 Å². The van der Waals surface area contributed by atoms with E-state index < -0.39 is 0 Å². The number of halogens is 1. The minimum atomic E-state index is 0.824. The molecule has 2 N–H and O–H groups in total. The molecule has 19 heavy (non-hydrogen) atoms. The fraction of sp³-hybridized carbons (Fsp3) is 0.250. The van der Waals surface area contributed by atoms with Gasteiger partial charge >= 0.3 is 0 Å². The maximum Gasteiger partial charge on any atom is 0.0578 e. The molecular weight excluding hydrogens is 300 g/mol. The molecule has 0 saturated carbocycles. The lowest BCUT2D eigenvalue weighted by Gasteiger charge is -2.13. The van der Waals surface area contributed by atoms with Crippen molar-refractivity contribution < 1.29 is 0 Å². The van der Waals surface area contributed by atoms with Crippen molar-refractivity contribution in [3.8, 4) is 0 Å². The van der Waals surface area contributed by atoms with Crippen LogP contribution >= 0.6 is 15.9 Å². The molecule has 2 nitrogen and oxygen atoms in total. The zero-order valence-corrected chi connectivity index (χ0v) is 12.7. The van der Waals surface area contributed by atoms with Crippen molar-refractivity contribution >= 4 is 27.3 Å². The van der Waals surface area contributed by atoms with Crippen LogP contribution in [0.1, 0.15) is 18.9 Å². The Morgan fingerprint density at radius 3 is 2.37 bits per heavy atom. The number of anilines is 2. The third kappa shape index (κ3) is 4.28. The first-order chi connectivity index (χ1) is 9.29. The van der Waals surface area contributed by atoms with Gasteiger partial charge in [-0.1, -0.05) is 47.1 Å². The van der Waals surface area contributed by atoms with E-state index in [4.69, 9.17) is 0 Å². The van der Waals surface area contributed by atoms with Crippen LogP contribution in [0.25, 0.3) is 0 Å². The van der Waals surface area contributed by atoms with Gasteiger partial charge in [-0.25, -0.2) is 0 Å². The standard InChI is InChI=1S/C16H19BrN2/c1-2-10-18-15-8-3-4-9-16(15)19-12-13-6-5-7-14(17)11-13/h3-9,11,18-19H,2,10,12H2,1H3. The lowest BCUT2D eigenvalue weighted by Crippen LogP contribution is -2.05. The van der Waals surface area contributed by atoms with Crippen LogP contribution in [0.3, 0.4) is 0 Å². The molecule has 0 atom stereocenters. The van der Waals surface area contributed by atoms with Crippen LogP contribution in [0.4, 0.5) is 11.4 Å². The predicted octanol–water partition coefficient (Wildman–Crippen LogP) is 4.88. The molecule has 0 fully saturated rings. The zero-order chi connectivity index (χ0) is 13.5. The molecule has 0 aliphatic heterocycles. The highest BCUT2D eigenvalue weighted by Crippen LogP contribution is 2.22. The Balaban J connectivity index is 2.02. The molecule has 0 saturated heterocycles. The molecule has 100 valence electrons. The van der Waals surface area contributed by atoms with Crippen molar-refractivity contribution in [2.75, 3.05) is 17.2 Å². The van der Waals surface area contributed by atoms with E-state index in [-0.39, 0.29) is 0 Å². The van der Waals surface area contributed by atoms with Gasteiger partial charge in [0, 0.05) is 17.6 Å². The van der Waals surface area contributed by atoms with Gasteiger partial charge in [0.05, 0.1) is 11.4 Å². The van der Waals surface area contributed by atoms with E-state index >= 15 is 0 Å². The lowest BCUT2D eigenvalue weighted by atomic mass is 10.2. The lowest BCUT2D eigenvalue weighted by molar-refractivity contribution is 0.979. The van der Waals surface area contributed by atoms with Crippen LogP contribution in [-0.2, 0) is 6.54 Å². The number of para-hydroxylation sites is 2. The summed E-state index contributed by atoms with van der Waals surface area (Å²) in [6.45, 7) is 3.99. The van der Waals surface area contributed by atoms with Crippen LogP contribution in [0.2, 0.25) is 0 Å². The monoisotopic (exact) mass is 318 g/mol. The number of nitrogens with one attached hydrogen (secondary N) is 2. The Morgan fingerprint density at radius 2 is 1.68 bits per heavy atom. The van der Waals surface area contributed by atoms with Gasteiger partial charge in [0.1, 0.15) is 0 Å². The van der Waals surface area contributed by atoms with E-state index in [2.05, 4.69) is 76.0 Å². The molecule has 0 bridgehead atoms. The average molecular weight is 319 g/mol. The predicted molar refractivity (Wildman–Crippen MR) is 86.7 cm³/mol. The van der Waals surface area contributed by atoms with E-state index in [1.807, 2.05) is 6.07 Å². The summed E-state index contributed by atoms with van der Waals surface area (Å²) in [4.78, 5) is 0. The van der Waals surface area contributed by atoms with Gasteiger partial charge in [0.15, 0.2) is 0 Å². The molecular formula is C16H19BrN2. The molecule has 0 heterocycles. The van der Waals surface area contributed by atoms with E-state index in [1.54, 1.807) is 0 Å². The highest BCUT2D eigenvalue weighted by Gasteiger charge is 2.00. The minimum Gasteiger partial charge on any atom is -0.383 e. The molecule has 0 radical (unpaired) electrons. The zero-order valence-electron chi connectivity index (χ0n) is 11.1. The van der Waals surface area contributed by atoms with Gasteiger partial charge in [-0.3, -0.25) is 0 Å². The van der Waals surface area contributed by atoms with E-state index in [0.29, 0.717) is 0 Å². The smallest absolute Gasteiger partial charge is 0.0578 e. The second-order valence-electron chi connectivity index (χ2n) is 4.46. The minimum absolute atomic E-state index is 0.824. The van der Waals surface area contributed by atoms with Crippen LogP contribution in [-0.4, -0.2) is 6.54 Å². The first-order valence-electron chi connectivity index (χ1n) is 6.61. The summed E-state index contributed by atoms with van der Waals surface area (Å²) >= 11 is 3.50. The Labute approximate surface area is 123 Å². The van der Waals surface area contributed by atoms with Gasteiger partial charge < -0.3 is 10.6 Å². The molecule has 0 aliphatic rings. The molecule has 0 aliphatic carbocycles. The Morgan fingerprint density at radius 1 is 0.947 bits per heavy atom. The maximum absolute atomic E-state index is 3.50. The van der Waals surface area contributed by atoms with Crippen molar-refractivity contribution in [3.63, 3.8) is 0 Å². The van der Waals surface area contributed by atoms with Crippen LogP contribution in [0.15, 0.2) is 53.0 Å². The van der Waals surface area contributed by atoms with Crippen molar-refractivity contribution in [3.05, 3.63) is 58.6 Å². The van der Waals surface area contributed by atoms with Crippen molar-refractivity contribution in [1.82, 2.24) is 0 Å². The quantitative estimate of drug-likeness (QED) is 0.793. The third-order valence-corrected chi connectivity index (χ3v) is 3.36. The molecule has 2 aromatic carbocycles. The van der Waals surface area contributed by atoms with Crippen molar-refractivity contribution in [1.29, 1.82) is 0 Å². The molecule has 0 spiro atoms. The third-order valence-electron chi connectivity index (χ3n) is 2.86. The normalized spacial score (nSPS) is 10.2. The second-order valence-corrected chi connectivity index (χ2v) is 5.37. The summed E-state index contributed by atoms with van der Waals surface area (Å²) in [7, 11) is 0. The maximum atomic E-state index is 3.50. The van der Waals surface area contributed by atoms with Gasteiger partial charge in [-0.15, -0.1) is 0 Å². The van der Waals surface area contributed by atoms with E-state index in [1.165, 1.54) is 11.3 Å². The molecule has 0 amide bonds. The molecule has 0 aromatic heterocycles. The largest absolute Gasteiger partial charge is 0.383 e. The molecule has 0 unspecified atom stereocenters. The fourth-order valence-electron chi connectivity index (χ4n) is 1.90. The van der Waals surface area contributed by atoms with Crippen LogP contribution in [0.5, 0.6) is 0 Å². The fourth-order valence-corrected chi connectivity index (χ4v) is 2.34. The van der Waals surface area contributed by atoms with Crippen molar-refractivity contribution in [2.24, 2.45) is 0 Å². The highest BCUT2D eigenvalue weighted by atomic mass is 79.9. The number of hydrogen-bond acceptors (Lipinski definition) is 2. The first-order valence-corrected chi connectivity index (χ1v) is 7.40. The molecule has 2 rings (SSSR count). The van der Waals surface area contributed by atoms with Gasteiger partial charge in [-0.05, 0) is 36.2 Å². The summed E-state index contributed by atoms with van der Waals surface area (Å²) in [6, 6.07) is 16.7. The van der Waals surface area contributed by atoms with Gasteiger partial charge in [0.2, 0.25) is 0 Å².